The molecule has 0 aromatic carbocycles. The average molecular weight is 164 g/mol. The Kier molecular flexibility index (Phi) is 1.07. The van der Waals surface area contributed by atoms with E-state index in [1.807, 2.05) is 0 Å². The van der Waals surface area contributed by atoms with Crippen LogP contribution in [0.1, 0.15) is 19.3 Å². The number of ketones is 1. The van der Waals surface area contributed by atoms with Crippen molar-refractivity contribution in [3.8, 4) is 0 Å². The van der Waals surface area contributed by atoms with E-state index in [1.54, 1.807) is 0 Å². The smallest absolute Gasteiger partial charge is 0.165 e. The number of fused-ring (bicyclic) bond motifs is 2. The van der Waals surface area contributed by atoms with E-state index < -0.39 is 0 Å². The molecule has 0 aromatic heterocycles. The summed E-state index contributed by atoms with van der Waals surface area (Å²) in [4.78, 5) is 11.6. The van der Waals surface area contributed by atoms with E-state index >= 15 is 0 Å². The highest BCUT2D eigenvalue weighted by Crippen LogP contribution is 2.63. The number of hydrogen-bond donors (Lipinski definition) is 1. The molecule has 3 aliphatic carbocycles. The van der Waals surface area contributed by atoms with Crippen molar-refractivity contribution in [1.29, 1.82) is 0 Å². The number of hydrogen-bond acceptors (Lipinski definition) is 2. The molecule has 0 amide bonds. The Morgan fingerprint density at radius 2 is 2.17 bits per heavy atom. The van der Waals surface area contributed by atoms with E-state index in [9.17, 15) is 4.79 Å². The number of aliphatic hydroxyl groups is 1. The first-order valence-corrected chi connectivity index (χ1v) is 4.71. The molecule has 3 fully saturated rings. The van der Waals surface area contributed by atoms with Gasteiger partial charge in [-0.15, -0.1) is 0 Å². The molecule has 0 heterocycles. The van der Waals surface area contributed by atoms with Crippen LogP contribution in [0.2, 0.25) is 0 Å². The largest absolute Gasteiger partial charge is 0.515 e. The molecular formula is C10H12O2. The van der Waals surface area contributed by atoms with Gasteiger partial charge in [0.1, 0.15) is 0 Å². The highest BCUT2D eigenvalue weighted by atomic mass is 16.2. The topological polar surface area (TPSA) is 37.3 Å². The molecule has 0 unspecified atom stereocenters. The maximum absolute atomic E-state index is 11.6. The number of Topliss-reactive ketones (excluding diaryl/α,β-unsaturated/α-hetero) is 1. The molecule has 2 bridgehead atoms. The van der Waals surface area contributed by atoms with E-state index in [0.29, 0.717) is 23.7 Å². The van der Waals surface area contributed by atoms with Crippen LogP contribution in [-0.2, 0) is 4.79 Å². The molecule has 1 N–H and O–H groups in total. The Bertz CT molecular complexity index is 276. The van der Waals surface area contributed by atoms with Gasteiger partial charge < -0.3 is 5.11 Å². The van der Waals surface area contributed by atoms with Crippen LogP contribution in [0.25, 0.3) is 0 Å². The van der Waals surface area contributed by atoms with Gasteiger partial charge in [0.2, 0.25) is 0 Å². The molecule has 0 aliphatic heterocycles. The van der Waals surface area contributed by atoms with Crippen molar-refractivity contribution >= 4 is 5.78 Å². The Morgan fingerprint density at radius 1 is 1.33 bits per heavy atom. The Balaban J connectivity index is 2.04. The van der Waals surface area contributed by atoms with E-state index in [-0.39, 0.29) is 5.78 Å². The van der Waals surface area contributed by atoms with Crippen LogP contribution in [0.5, 0.6) is 0 Å². The summed E-state index contributed by atoms with van der Waals surface area (Å²) in [6.07, 6.45) is 4.55. The molecule has 2 heteroatoms. The third-order valence-electron chi connectivity index (χ3n) is 3.90. The van der Waals surface area contributed by atoms with Crippen LogP contribution in [0.3, 0.4) is 0 Å². The lowest BCUT2D eigenvalue weighted by atomic mass is 9.80. The lowest BCUT2D eigenvalue weighted by Crippen LogP contribution is -2.21. The maximum atomic E-state index is 11.6. The molecule has 4 atom stereocenters. The lowest BCUT2D eigenvalue weighted by molar-refractivity contribution is -0.118. The second-order valence-electron chi connectivity index (χ2n) is 4.31. The van der Waals surface area contributed by atoms with Crippen molar-refractivity contribution < 1.29 is 9.90 Å². The van der Waals surface area contributed by atoms with Crippen molar-refractivity contribution in [3.63, 3.8) is 0 Å². The fraction of sp³-hybridized carbons (Fsp3) is 0.700. The van der Waals surface area contributed by atoms with Crippen molar-refractivity contribution in [2.24, 2.45) is 23.7 Å². The Morgan fingerprint density at radius 3 is 2.92 bits per heavy atom. The van der Waals surface area contributed by atoms with Crippen LogP contribution in [0.4, 0.5) is 0 Å². The van der Waals surface area contributed by atoms with Gasteiger partial charge in [0.25, 0.3) is 0 Å². The highest BCUT2D eigenvalue weighted by Gasteiger charge is 2.61. The van der Waals surface area contributed by atoms with E-state index in [4.69, 9.17) is 5.11 Å². The monoisotopic (exact) mass is 164 g/mol. The first kappa shape index (κ1) is 6.70. The van der Waals surface area contributed by atoms with Crippen LogP contribution in [0.15, 0.2) is 11.8 Å². The highest BCUT2D eigenvalue weighted by molar-refractivity contribution is 6.01. The van der Waals surface area contributed by atoms with Crippen LogP contribution >= 0.6 is 0 Å². The van der Waals surface area contributed by atoms with Gasteiger partial charge in [0, 0.05) is 11.5 Å². The zero-order valence-corrected chi connectivity index (χ0v) is 6.86. The molecule has 3 saturated carbocycles. The summed E-state index contributed by atoms with van der Waals surface area (Å²) in [7, 11) is 0. The number of allylic oxidation sites excluding steroid dienone is 1. The van der Waals surface area contributed by atoms with E-state index in [1.165, 1.54) is 6.42 Å². The zero-order chi connectivity index (χ0) is 8.29. The minimum Gasteiger partial charge on any atom is -0.515 e. The third-order valence-corrected chi connectivity index (χ3v) is 3.90. The first-order chi connectivity index (χ1) is 5.83. The molecule has 0 aromatic rings. The fourth-order valence-corrected chi connectivity index (χ4v) is 3.23. The summed E-state index contributed by atoms with van der Waals surface area (Å²) in [5, 5.41) is 8.93. The molecular weight excluding hydrogens is 152 g/mol. The van der Waals surface area contributed by atoms with E-state index in [0.717, 1.165) is 24.7 Å². The van der Waals surface area contributed by atoms with Gasteiger partial charge in [-0.05, 0) is 37.0 Å². The normalized spacial score (nSPS) is 52.7. The molecule has 0 spiro atoms. The van der Waals surface area contributed by atoms with Crippen LogP contribution < -0.4 is 0 Å². The summed E-state index contributed by atoms with van der Waals surface area (Å²) in [5.41, 5.74) is 0.719. The number of rotatable bonds is 0. The second kappa shape index (κ2) is 1.93. The van der Waals surface area contributed by atoms with Crippen LogP contribution in [0, 0.1) is 23.7 Å². The first-order valence-electron chi connectivity index (χ1n) is 4.71. The van der Waals surface area contributed by atoms with Crippen molar-refractivity contribution in [1.82, 2.24) is 0 Å². The molecule has 3 aliphatic rings. The number of carbonyl (C=O) groups excluding carboxylic acids is 1. The molecule has 3 rings (SSSR count). The fourth-order valence-electron chi connectivity index (χ4n) is 3.23. The predicted octanol–water partition coefficient (Wildman–Crippen LogP) is 1.67. The summed E-state index contributed by atoms with van der Waals surface area (Å²) < 4.78 is 0. The molecule has 0 saturated heterocycles. The summed E-state index contributed by atoms with van der Waals surface area (Å²) in [6.45, 7) is 0. The van der Waals surface area contributed by atoms with Gasteiger partial charge in [-0.3, -0.25) is 4.79 Å². The lowest BCUT2D eigenvalue weighted by Gasteiger charge is -2.23. The maximum Gasteiger partial charge on any atom is 0.165 e. The summed E-state index contributed by atoms with van der Waals surface area (Å²) in [5.74, 6) is 2.33. The van der Waals surface area contributed by atoms with Crippen molar-refractivity contribution in [3.05, 3.63) is 11.8 Å². The molecule has 0 radical (unpaired) electrons. The standard InChI is InChI=1S/C10H12O2/c11-4-8-5-1-2-6-7(3-5)9(6)10(8)12/h4-7,9,11H,1-3H2/b8-4+/t5-,6-,7+,9-/m0/s1. The second-order valence-corrected chi connectivity index (χ2v) is 4.31. The third kappa shape index (κ3) is 0.598. The summed E-state index contributed by atoms with van der Waals surface area (Å²) in [6, 6.07) is 0. The van der Waals surface area contributed by atoms with Gasteiger partial charge in [-0.2, -0.15) is 0 Å². The predicted molar refractivity (Wildman–Crippen MR) is 43.5 cm³/mol. The summed E-state index contributed by atoms with van der Waals surface area (Å²) >= 11 is 0. The van der Waals surface area contributed by atoms with Gasteiger partial charge in [0.15, 0.2) is 5.78 Å². The number of aliphatic hydroxyl groups excluding tert-OH is 1. The van der Waals surface area contributed by atoms with Gasteiger partial charge in [-0.1, -0.05) is 0 Å². The van der Waals surface area contributed by atoms with Gasteiger partial charge >= 0.3 is 0 Å². The molecule has 2 nitrogen and oxygen atoms in total. The Labute approximate surface area is 71.3 Å². The SMILES string of the molecule is O=C1/C(=C/O)[C@H]2CC[C@H]3[C@@H](C2)[C@@H]13. The minimum absolute atomic E-state index is 0.251. The average Bonchev–Trinajstić information content (AvgIpc) is 2.80. The zero-order valence-electron chi connectivity index (χ0n) is 6.86. The van der Waals surface area contributed by atoms with E-state index in [2.05, 4.69) is 0 Å². The van der Waals surface area contributed by atoms with Gasteiger partial charge in [-0.25, -0.2) is 0 Å². The van der Waals surface area contributed by atoms with Gasteiger partial charge in [0.05, 0.1) is 6.26 Å². The van der Waals surface area contributed by atoms with Crippen molar-refractivity contribution in [2.75, 3.05) is 0 Å². The quantitative estimate of drug-likeness (QED) is 0.437. The minimum atomic E-state index is 0.251. The Hall–Kier alpha value is -0.790. The van der Waals surface area contributed by atoms with Crippen molar-refractivity contribution in [2.45, 2.75) is 19.3 Å². The number of carbonyl (C=O) groups is 1. The molecule has 64 valence electrons. The molecule has 12 heavy (non-hydrogen) atoms. The van der Waals surface area contributed by atoms with Crippen LogP contribution in [-0.4, -0.2) is 10.9 Å².